The highest BCUT2D eigenvalue weighted by molar-refractivity contribution is 5.66. The lowest BCUT2D eigenvalue weighted by atomic mass is 10.1. The molecule has 0 saturated heterocycles. The molecule has 0 spiro atoms. The smallest absolute Gasteiger partial charge is 0.148 e. The molecule has 0 atom stereocenters. The molecule has 0 radical (unpaired) electrons. The van der Waals surface area contributed by atoms with E-state index in [4.69, 9.17) is 10.5 Å². The minimum atomic E-state index is -0.558. The van der Waals surface area contributed by atoms with E-state index >= 15 is 0 Å². The summed E-state index contributed by atoms with van der Waals surface area (Å²) in [4.78, 5) is 8.72. The zero-order valence-electron chi connectivity index (χ0n) is 10.8. The van der Waals surface area contributed by atoms with Gasteiger partial charge in [0, 0.05) is 11.8 Å². The van der Waals surface area contributed by atoms with Crippen molar-refractivity contribution in [3.05, 3.63) is 42.4 Å². The first-order chi connectivity index (χ1) is 8.52. The highest BCUT2D eigenvalue weighted by Gasteiger charge is 2.18. The van der Waals surface area contributed by atoms with E-state index in [1.807, 2.05) is 44.2 Å². The molecule has 4 heteroatoms. The van der Waals surface area contributed by atoms with Crippen LogP contribution in [0, 0.1) is 0 Å². The molecule has 0 aliphatic carbocycles. The molecule has 0 aliphatic rings. The van der Waals surface area contributed by atoms with Gasteiger partial charge >= 0.3 is 0 Å². The lowest BCUT2D eigenvalue weighted by Gasteiger charge is -2.17. The third kappa shape index (κ3) is 2.49. The molecule has 1 aromatic heterocycles. The van der Waals surface area contributed by atoms with E-state index in [2.05, 4.69) is 9.97 Å². The Morgan fingerprint density at radius 2 is 1.89 bits per heavy atom. The van der Waals surface area contributed by atoms with Crippen LogP contribution in [-0.2, 0) is 5.54 Å². The van der Waals surface area contributed by atoms with Crippen LogP contribution in [0.1, 0.15) is 19.7 Å². The topological polar surface area (TPSA) is 61.0 Å². The van der Waals surface area contributed by atoms with E-state index in [1.54, 1.807) is 13.3 Å². The first-order valence-corrected chi connectivity index (χ1v) is 5.78. The van der Waals surface area contributed by atoms with Gasteiger partial charge in [-0.1, -0.05) is 12.1 Å². The predicted molar refractivity (Wildman–Crippen MR) is 71.2 cm³/mol. The Morgan fingerprint density at radius 3 is 2.56 bits per heavy atom. The van der Waals surface area contributed by atoms with Crippen molar-refractivity contribution in [3.63, 3.8) is 0 Å². The highest BCUT2D eigenvalue weighted by Crippen LogP contribution is 2.28. The molecule has 94 valence electrons. The number of hydrogen-bond donors (Lipinski definition) is 1. The van der Waals surface area contributed by atoms with Crippen LogP contribution in [0.4, 0.5) is 0 Å². The average molecular weight is 243 g/mol. The van der Waals surface area contributed by atoms with Crippen LogP contribution in [0.15, 0.2) is 36.5 Å². The van der Waals surface area contributed by atoms with Crippen molar-refractivity contribution in [2.24, 2.45) is 5.73 Å². The van der Waals surface area contributed by atoms with Crippen molar-refractivity contribution in [2.45, 2.75) is 19.4 Å². The van der Waals surface area contributed by atoms with Gasteiger partial charge in [0.25, 0.3) is 0 Å². The SMILES string of the molecule is COc1ccccc1-c1ccnc(C(C)(C)N)n1. The summed E-state index contributed by atoms with van der Waals surface area (Å²) in [7, 11) is 1.65. The van der Waals surface area contributed by atoms with E-state index in [0.717, 1.165) is 17.0 Å². The number of benzene rings is 1. The number of nitrogens with two attached hydrogens (primary N) is 1. The van der Waals surface area contributed by atoms with Crippen LogP contribution in [0.2, 0.25) is 0 Å². The van der Waals surface area contributed by atoms with E-state index in [1.165, 1.54) is 0 Å². The van der Waals surface area contributed by atoms with Crippen molar-refractivity contribution in [1.82, 2.24) is 9.97 Å². The second-order valence-corrected chi connectivity index (χ2v) is 4.69. The first kappa shape index (κ1) is 12.5. The zero-order valence-corrected chi connectivity index (χ0v) is 10.8. The summed E-state index contributed by atoms with van der Waals surface area (Å²) in [5.74, 6) is 1.41. The predicted octanol–water partition coefficient (Wildman–Crippen LogP) is 2.35. The minimum Gasteiger partial charge on any atom is -0.496 e. The summed E-state index contributed by atoms with van der Waals surface area (Å²) < 4.78 is 5.33. The van der Waals surface area contributed by atoms with Crippen molar-refractivity contribution < 1.29 is 4.74 Å². The van der Waals surface area contributed by atoms with Crippen LogP contribution >= 0.6 is 0 Å². The number of aromatic nitrogens is 2. The Kier molecular flexibility index (Phi) is 3.30. The minimum absolute atomic E-state index is 0.558. The average Bonchev–Trinajstić information content (AvgIpc) is 2.38. The molecular weight excluding hydrogens is 226 g/mol. The Balaban J connectivity index is 2.51. The normalized spacial score (nSPS) is 11.3. The van der Waals surface area contributed by atoms with Gasteiger partial charge in [-0.05, 0) is 32.0 Å². The van der Waals surface area contributed by atoms with E-state index in [0.29, 0.717) is 5.82 Å². The van der Waals surface area contributed by atoms with Crippen LogP contribution < -0.4 is 10.5 Å². The molecule has 4 nitrogen and oxygen atoms in total. The molecule has 0 amide bonds. The maximum atomic E-state index is 6.02. The highest BCUT2D eigenvalue weighted by atomic mass is 16.5. The number of para-hydroxylation sites is 1. The Labute approximate surface area is 107 Å². The molecule has 0 fully saturated rings. The second-order valence-electron chi connectivity index (χ2n) is 4.69. The van der Waals surface area contributed by atoms with Crippen molar-refractivity contribution >= 4 is 0 Å². The summed E-state index contributed by atoms with van der Waals surface area (Å²) in [6, 6.07) is 9.61. The standard InChI is InChI=1S/C14H17N3O/c1-14(2,15)13-16-9-8-11(17-13)10-6-4-5-7-12(10)18-3/h4-9H,15H2,1-3H3. The largest absolute Gasteiger partial charge is 0.496 e. The summed E-state index contributed by atoms with van der Waals surface area (Å²) in [6.07, 6.45) is 1.72. The van der Waals surface area contributed by atoms with E-state index in [-0.39, 0.29) is 0 Å². The molecule has 1 aromatic carbocycles. The van der Waals surface area contributed by atoms with Gasteiger partial charge in [0.2, 0.25) is 0 Å². The molecule has 0 bridgehead atoms. The molecule has 2 aromatic rings. The fourth-order valence-corrected chi connectivity index (χ4v) is 1.68. The lowest BCUT2D eigenvalue weighted by molar-refractivity contribution is 0.416. The van der Waals surface area contributed by atoms with Crippen LogP contribution in [0.25, 0.3) is 11.3 Å². The van der Waals surface area contributed by atoms with Gasteiger partial charge in [0.05, 0.1) is 18.3 Å². The van der Waals surface area contributed by atoms with E-state index < -0.39 is 5.54 Å². The molecule has 0 aliphatic heterocycles. The molecular formula is C14H17N3O. The van der Waals surface area contributed by atoms with Gasteiger partial charge in [0.15, 0.2) is 0 Å². The molecule has 0 unspecified atom stereocenters. The fourth-order valence-electron chi connectivity index (χ4n) is 1.68. The van der Waals surface area contributed by atoms with Crippen LogP contribution in [-0.4, -0.2) is 17.1 Å². The van der Waals surface area contributed by atoms with Crippen molar-refractivity contribution in [3.8, 4) is 17.0 Å². The third-order valence-electron chi connectivity index (χ3n) is 2.61. The van der Waals surface area contributed by atoms with Crippen LogP contribution in [0.3, 0.4) is 0 Å². The summed E-state index contributed by atoms with van der Waals surface area (Å²) >= 11 is 0. The van der Waals surface area contributed by atoms with Gasteiger partial charge in [-0.2, -0.15) is 0 Å². The number of nitrogens with zero attached hydrogens (tertiary/aromatic N) is 2. The van der Waals surface area contributed by atoms with Crippen LogP contribution in [0.5, 0.6) is 5.75 Å². The molecule has 0 saturated carbocycles. The Bertz CT molecular complexity index is 547. The molecule has 2 rings (SSSR count). The van der Waals surface area contributed by atoms with Crippen molar-refractivity contribution in [2.75, 3.05) is 7.11 Å². The summed E-state index contributed by atoms with van der Waals surface area (Å²) in [5, 5.41) is 0. The number of ether oxygens (including phenoxy) is 1. The Hall–Kier alpha value is -1.94. The van der Waals surface area contributed by atoms with Gasteiger partial charge in [0.1, 0.15) is 11.6 Å². The number of hydrogen-bond acceptors (Lipinski definition) is 4. The van der Waals surface area contributed by atoms with Gasteiger partial charge in [-0.15, -0.1) is 0 Å². The second kappa shape index (κ2) is 4.74. The maximum Gasteiger partial charge on any atom is 0.148 e. The fraction of sp³-hybridized carbons (Fsp3) is 0.286. The Morgan fingerprint density at radius 1 is 1.17 bits per heavy atom. The number of rotatable bonds is 3. The quantitative estimate of drug-likeness (QED) is 0.898. The van der Waals surface area contributed by atoms with E-state index in [9.17, 15) is 0 Å². The monoisotopic (exact) mass is 243 g/mol. The van der Waals surface area contributed by atoms with Gasteiger partial charge in [-0.25, -0.2) is 9.97 Å². The van der Waals surface area contributed by atoms with Crippen molar-refractivity contribution in [1.29, 1.82) is 0 Å². The third-order valence-corrected chi connectivity index (χ3v) is 2.61. The number of methoxy groups -OCH3 is 1. The molecule has 18 heavy (non-hydrogen) atoms. The summed E-state index contributed by atoms with van der Waals surface area (Å²) in [5.41, 5.74) is 7.21. The summed E-state index contributed by atoms with van der Waals surface area (Å²) in [6.45, 7) is 3.77. The lowest BCUT2D eigenvalue weighted by Crippen LogP contribution is -2.31. The zero-order chi connectivity index (χ0) is 13.2. The van der Waals surface area contributed by atoms with Gasteiger partial charge < -0.3 is 10.5 Å². The molecule has 2 N–H and O–H groups in total. The maximum absolute atomic E-state index is 6.02. The molecule has 1 heterocycles. The first-order valence-electron chi connectivity index (χ1n) is 5.78. The van der Waals surface area contributed by atoms with Gasteiger partial charge in [-0.3, -0.25) is 0 Å².